The van der Waals surface area contributed by atoms with Crippen LogP contribution in [-0.4, -0.2) is 24.4 Å². The third-order valence-electron chi connectivity index (χ3n) is 2.42. The van der Waals surface area contributed by atoms with Crippen molar-refractivity contribution in [3.63, 3.8) is 0 Å². The lowest BCUT2D eigenvalue weighted by Crippen LogP contribution is -2.26. The summed E-state index contributed by atoms with van der Waals surface area (Å²) in [5, 5.41) is 1.03. The van der Waals surface area contributed by atoms with Crippen molar-refractivity contribution in [3.8, 4) is 0 Å². The van der Waals surface area contributed by atoms with Gasteiger partial charge in [-0.2, -0.15) is 0 Å². The van der Waals surface area contributed by atoms with E-state index in [0.717, 1.165) is 5.56 Å². The third-order valence-corrected chi connectivity index (χ3v) is 3.16. The second kappa shape index (κ2) is 8.59. The van der Waals surface area contributed by atoms with Crippen LogP contribution in [0, 0.1) is 0 Å². The number of amides is 1. The number of hydrogen-bond donors (Lipinski definition) is 1. The number of rotatable bonds is 5. The Balaban J connectivity index is 0.00000289. The Kier molecular flexibility index (Phi) is 8.36. The zero-order chi connectivity index (χ0) is 12.8. The molecular formula is C12H17Cl3N2O. The molecule has 2 N–H and O–H groups in total. The van der Waals surface area contributed by atoms with E-state index >= 15 is 0 Å². The molecular weight excluding hydrogens is 295 g/mol. The molecule has 0 aromatic heterocycles. The molecule has 1 amide bonds. The molecule has 0 heterocycles. The Morgan fingerprint density at radius 2 is 2.00 bits per heavy atom. The van der Waals surface area contributed by atoms with Crippen molar-refractivity contribution in [1.82, 2.24) is 4.90 Å². The molecule has 0 bridgehead atoms. The molecule has 0 unspecified atom stereocenters. The average Bonchev–Trinajstić information content (AvgIpc) is 2.30. The highest BCUT2D eigenvalue weighted by molar-refractivity contribution is 6.42. The predicted octanol–water partition coefficient (Wildman–Crippen LogP) is 3.11. The quantitative estimate of drug-likeness (QED) is 0.908. The molecule has 3 nitrogen and oxygen atoms in total. The summed E-state index contributed by atoms with van der Waals surface area (Å²) in [6, 6.07) is 5.37. The molecule has 0 saturated heterocycles. The van der Waals surface area contributed by atoms with Crippen LogP contribution in [0.25, 0.3) is 0 Å². The van der Waals surface area contributed by atoms with Gasteiger partial charge in [-0.3, -0.25) is 4.79 Å². The lowest BCUT2D eigenvalue weighted by Gasteiger charge is -2.17. The SMILES string of the molecule is CN(Cc1ccc(Cl)c(Cl)c1)C(=O)CCCN.Cl. The minimum absolute atomic E-state index is 0. The molecule has 0 atom stereocenters. The Bertz CT molecular complexity index is 399. The lowest BCUT2D eigenvalue weighted by molar-refractivity contribution is -0.130. The monoisotopic (exact) mass is 310 g/mol. The first-order valence-corrected chi connectivity index (χ1v) is 6.18. The summed E-state index contributed by atoms with van der Waals surface area (Å²) in [7, 11) is 1.77. The van der Waals surface area contributed by atoms with Gasteiger partial charge in [-0.15, -0.1) is 12.4 Å². The summed E-state index contributed by atoms with van der Waals surface area (Å²) in [4.78, 5) is 13.3. The number of hydrogen-bond acceptors (Lipinski definition) is 2. The van der Waals surface area contributed by atoms with Crippen LogP contribution in [0.3, 0.4) is 0 Å². The molecule has 0 spiro atoms. The summed E-state index contributed by atoms with van der Waals surface area (Å²) in [6.45, 7) is 1.06. The number of carbonyl (C=O) groups is 1. The highest BCUT2D eigenvalue weighted by Gasteiger charge is 2.09. The molecule has 0 aliphatic heterocycles. The number of carbonyl (C=O) groups excluding carboxylic acids is 1. The third kappa shape index (κ3) is 5.44. The van der Waals surface area contributed by atoms with Crippen LogP contribution >= 0.6 is 35.6 Å². The maximum absolute atomic E-state index is 11.7. The van der Waals surface area contributed by atoms with E-state index < -0.39 is 0 Å². The molecule has 6 heteroatoms. The fraction of sp³-hybridized carbons (Fsp3) is 0.417. The van der Waals surface area contributed by atoms with E-state index in [2.05, 4.69) is 0 Å². The van der Waals surface area contributed by atoms with E-state index in [1.807, 2.05) is 6.07 Å². The van der Waals surface area contributed by atoms with Crippen LogP contribution < -0.4 is 5.73 Å². The topological polar surface area (TPSA) is 46.3 Å². The Morgan fingerprint density at radius 1 is 1.33 bits per heavy atom. The Labute approximate surface area is 124 Å². The molecule has 0 aliphatic rings. The van der Waals surface area contributed by atoms with Crippen molar-refractivity contribution < 1.29 is 4.79 Å². The van der Waals surface area contributed by atoms with Crippen LogP contribution in [0.4, 0.5) is 0 Å². The largest absolute Gasteiger partial charge is 0.341 e. The summed E-state index contributed by atoms with van der Waals surface area (Å²) >= 11 is 11.7. The second-order valence-corrected chi connectivity index (χ2v) is 4.70. The second-order valence-electron chi connectivity index (χ2n) is 3.89. The maximum atomic E-state index is 11.7. The molecule has 1 aromatic rings. The van der Waals surface area contributed by atoms with E-state index in [1.54, 1.807) is 24.1 Å². The van der Waals surface area contributed by atoms with Gasteiger partial charge in [-0.1, -0.05) is 29.3 Å². The summed E-state index contributed by atoms with van der Waals surface area (Å²) in [5.41, 5.74) is 6.32. The first kappa shape index (κ1) is 17.5. The molecule has 1 rings (SSSR count). The number of nitrogens with two attached hydrogens (primary N) is 1. The van der Waals surface area contributed by atoms with Crippen molar-refractivity contribution in [2.45, 2.75) is 19.4 Å². The van der Waals surface area contributed by atoms with Crippen molar-refractivity contribution >= 4 is 41.5 Å². The zero-order valence-electron chi connectivity index (χ0n) is 10.2. The molecule has 0 fully saturated rings. The van der Waals surface area contributed by atoms with Gasteiger partial charge in [0.25, 0.3) is 0 Å². The molecule has 0 aliphatic carbocycles. The van der Waals surface area contributed by atoms with Gasteiger partial charge in [-0.25, -0.2) is 0 Å². The van der Waals surface area contributed by atoms with E-state index in [1.165, 1.54) is 0 Å². The average molecular weight is 312 g/mol. The fourth-order valence-corrected chi connectivity index (χ4v) is 1.76. The van der Waals surface area contributed by atoms with Crippen molar-refractivity contribution in [1.29, 1.82) is 0 Å². The van der Waals surface area contributed by atoms with Gasteiger partial charge in [0.15, 0.2) is 0 Å². The molecule has 1 aromatic carbocycles. The standard InChI is InChI=1S/C12H16Cl2N2O.ClH/c1-16(12(17)3-2-6-15)8-9-4-5-10(13)11(14)7-9;/h4-5,7H,2-3,6,8,15H2,1H3;1H. The number of halogens is 3. The summed E-state index contributed by atoms with van der Waals surface area (Å²) in [6.07, 6.45) is 1.19. The summed E-state index contributed by atoms with van der Waals surface area (Å²) in [5.74, 6) is 0.0847. The normalized spacial score (nSPS) is 9.78. The highest BCUT2D eigenvalue weighted by Crippen LogP contribution is 2.23. The number of benzene rings is 1. The highest BCUT2D eigenvalue weighted by atomic mass is 35.5. The zero-order valence-corrected chi connectivity index (χ0v) is 12.5. The lowest BCUT2D eigenvalue weighted by atomic mass is 10.2. The van der Waals surface area contributed by atoms with Crippen LogP contribution in [-0.2, 0) is 11.3 Å². The van der Waals surface area contributed by atoms with Crippen LogP contribution in [0.15, 0.2) is 18.2 Å². The van der Waals surface area contributed by atoms with E-state index in [9.17, 15) is 4.79 Å². The predicted molar refractivity (Wildman–Crippen MR) is 78.5 cm³/mol. The number of nitrogens with zero attached hydrogens (tertiary/aromatic N) is 1. The van der Waals surface area contributed by atoms with Gasteiger partial charge in [0, 0.05) is 20.0 Å². The first-order valence-electron chi connectivity index (χ1n) is 5.42. The van der Waals surface area contributed by atoms with E-state index in [4.69, 9.17) is 28.9 Å². The van der Waals surface area contributed by atoms with Gasteiger partial charge in [-0.05, 0) is 30.7 Å². The maximum Gasteiger partial charge on any atom is 0.222 e. The van der Waals surface area contributed by atoms with Gasteiger partial charge >= 0.3 is 0 Å². The molecule has 0 saturated carbocycles. The molecule has 0 radical (unpaired) electrons. The van der Waals surface area contributed by atoms with Crippen molar-refractivity contribution in [2.24, 2.45) is 5.73 Å². The smallest absolute Gasteiger partial charge is 0.222 e. The van der Waals surface area contributed by atoms with Gasteiger partial charge < -0.3 is 10.6 Å². The molecule has 102 valence electrons. The van der Waals surface area contributed by atoms with E-state index in [0.29, 0.717) is 36.0 Å². The Hall–Kier alpha value is -0.480. The Morgan fingerprint density at radius 3 is 2.56 bits per heavy atom. The van der Waals surface area contributed by atoms with Gasteiger partial charge in [0.1, 0.15) is 0 Å². The minimum Gasteiger partial charge on any atom is -0.341 e. The van der Waals surface area contributed by atoms with Gasteiger partial charge in [0.2, 0.25) is 5.91 Å². The fourth-order valence-electron chi connectivity index (χ4n) is 1.44. The summed E-state index contributed by atoms with van der Waals surface area (Å²) < 4.78 is 0. The van der Waals surface area contributed by atoms with Gasteiger partial charge in [0.05, 0.1) is 10.0 Å². The van der Waals surface area contributed by atoms with Crippen LogP contribution in [0.5, 0.6) is 0 Å². The van der Waals surface area contributed by atoms with Crippen LogP contribution in [0.2, 0.25) is 10.0 Å². The van der Waals surface area contributed by atoms with Crippen molar-refractivity contribution in [2.75, 3.05) is 13.6 Å². The molecule has 18 heavy (non-hydrogen) atoms. The van der Waals surface area contributed by atoms with Crippen molar-refractivity contribution in [3.05, 3.63) is 33.8 Å². The van der Waals surface area contributed by atoms with Crippen LogP contribution in [0.1, 0.15) is 18.4 Å². The minimum atomic E-state index is 0. The first-order chi connectivity index (χ1) is 8.04. The van der Waals surface area contributed by atoms with E-state index in [-0.39, 0.29) is 18.3 Å².